The summed E-state index contributed by atoms with van der Waals surface area (Å²) in [7, 11) is 0. The third-order valence-corrected chi connectivity index (χ3v) is 3.62. The quantitative estimate of drug-likeness (QED) is 0.333. The van der Waals surface area contributed by atoms with E-state index in [0.29, 0.717) is 18.6 Å². The van der Waals surface area contributed by atoms with E-state index in [2.05, 4.69) is 10.5 Å². The molecule has 4 N–H and O–H groups in total. The van der Waals surface area contributed by atoms with Gasteiger partial charge in [0, 0.05) is 24.3 Å². The van der Waals surface area contributed by atoms with Crippen LogP contribution in [0.25, 0.3) is 0 Å². The number of nitrogens with two attached hydrogens (primary N) is 1. The van der Waals surface area contributed by atoms with Gasteiger partial charge in [-0.25, -0.2) is 4.39 Å². The Bertz CT molecular complexity index is 562. The molecule has 1 aliphatic rings. The van der Waals surface area contributed by atoms with Crippen LogP contribution in [0, 0.1) is 11.7 Å². The molecular weight excluding hydrogens is 277 g/mol. The predicted molar refractivity (Wildman–Crippen MR) is 74.3 cm³/mol. The van der Waals surface area contributed by atoms with Crippen molar-refractivity contribution in [1.29, 1.82) is 0 Å². The molecule has 0 bridgehead atoms. The van der Waals surface area contributed by atoms with Crippen molar-refractivity contribution in [3.63, 3.8) is 0 Å². The van der Waals surface area contributed by atoms with E-state index in [1.807, 2.05) is 6.92 Å². The number of halogens is 1. The second-order valence-corrected chi connectivity index (χ2v) is 4.98. The summed E-state index contributed by atoms with van der Waals surface area (Å²) in [5.74, 6) is -1.01. The zero-order valence-corrected chi connectivity index (χ0v) is 11.7. The Morgan fingerprint density at radius 3 is 2.95 bits per heavy atom. The van der Waals surface area contributed by atoms with Crippen LogP contribution in [-0.4, -0.2) is 29.7 Å². The summed E-state index contributed by atoms with van der Waals surface area (Å²) in [6.45, 7) is 2.51. The molecular formula is C14H18FN3O3. The van der Waals surface area contributed by atoms with Gasteiger partial charge in [-0.05, 0) is 19.4 Å². The van der Waals surface area contributed by atoms with Crippen molar-refractivity contribution in [2.24, 2.45) is 16.8 Å². The first kappa shape index (κ1) is 15.2. The van der Waals surface area contributed by atoms with Gasteiger partial charge in [0.15, 0.2) is 5.84 Å². The number of hydrogen-bond acceptors (Lipinski definition) is 4. The van der Waals surface area contributed by atoms with Crippen molar-refractivity contribution in [3.8, 4) is 0 Å². The van der Waals surface area contributed by atoms with Gasteiger partial charge in [-0.15, -0.1) is 0 Å². The van der Waals surface area contributed by atoms with E-state index in [-0.39, 0.29) is 35.9 Å². The van der Waals surface area contributed by atoms with Gasteiger partial charge in [0.2, 0.25) is 5.91 Å². The second kappa shape index (κ2) is 6.53. The van der Waals surface area contributed by atoms with Gasteiger partial charge in [-0.1, -0.05) is 17.3 Å². The molecule has 2 rings (SSSR count). The highest BCUT2D eigenvalue weighted by Gasteiger charge is 2.30. The van der Waals surface area contributed by atoms with E-state index >= 15 is 0 Å². The number of benzene rings is 1. The fourth-order valence-corrected chi connectivity index (χ4v) is 2.30. The van der Waals surface area contributed by atoms with E-state index in [0.717, 1.165) is 6.07 Å². The molecule has 1 aromatic carbocycles. The first-order valence-electron chi connectivity index (χ1n) is 6.68. The number of hydrogen-bond donors (Lipinski definition) is 3. The smallest absolute Gasteiger partial charge is 0.226 e. The third-order valence-electron chi connectivity index (χ3n) is 3.62. The summed E-state index contributed by atoms with van der Waals surface area (Å²) in [6, 6.07) is 4.19. The molecule has 0 saturated carbocycles. The molecule has 1 saturated heterocycles. The molecule has 1 fully saturated rings. The van der Waals surface area contributed by atoms with Gasteiger partial charge in [-0.3, -0.25) is 4.79 Å². The lowest BCUT2D eigenvalue weighted by molar-refractivity contribution is -0.126. The van der Waals surface area contributed by atoms with Crippen LogP contribution in [0.4, 0.5) is 4.39 Å². The highest BCUT2D eigenvalue weighted by molar-refractivity contribution is 5.97. The third kappa shape index (κ3) is 3.49. The summed E-state index contributed by atoms with van der Waals surface area (Å²) >= 11 is 0. The standard InChI is InChI=1S/C14H18FN3O3/c1-8-11(4-5-21-8)14(19)17-7-10-3-2-9(6-12(10)15)13(16)18-20/h2-3,6,8,11,20H,4-5,7H2,1H3,(H2,16,18)(H,17,19). The van der Waals surface area contributed by atoms with Crippen LogP contribution in [0.3, 0.4) is 0 Å². The summed E-state index contributed by atoms with van der Waals surface area (Å²) in [4.78, 5) is 12.0. The Kier molecular flexibility index (Phi) is 4.74. The average Bonchev–Trinajstić information content (AvgIpc) is 2.91. The van der Waals surface area contributed by atoms with Crippen molar-refractivity contribution in [1.82, 2.24) is 5.32 Å². The van der Waals surface area contributed by atoms with Gasteiger partial charge in [0.1, 0.15) is 5.82 Å². The van der Waals surface area contributed by atoms with Crippen LogP contribution in [0.15, 0.2) is 23.4 Å². The fraction of sp³-hybridized carbons (Fsp3) is 0.429. The predicted octanol–water partition coefficient (Wildman–Crippen LogP) is 0.961. The fourth-order valence-electron chi connectivity index (χ4n) is 2.30. The number of rotatable bonds is 4. The Balaban J connectivity index is 1.99. The summed E-state index contributed by atoms with van der Waals surface area (Å²) in [6.07, 6.45) is 0.565. The van der Waals surface area contributed by atoms with Crippen LogP contribution in [-0.2, 0) is 16.1 Å². The molecule has 1 amide bonds. The Morgan fingerprint density at radius 2 is 2.38 bits per heavy atom. The molecule has 6 nitrogen and oxygen atoms in total. The molecule has 21 heavy (non-hydrogen) atoms. The maximum atomic E-state index is 13.9. The van der Waals surface area contributed by atoms with Crippen molar-refractivity contribution < 1.29 is 19.1 Å². The molecule has 0 aromatic heterocycles. The highest BCUT2D eigenvalue weighted by atomic mass is 19.1. The lowest BCUT2D eigenvalue weighted by atomic mass is 10.0. The largest absolute Gasteiger partial charge is 0.409 e. The van der Waals surface area contributed by atoms with E-state index in [1.54, 1.807) is 0 Å². The number of carbonyl (C=O) groups is 1. The molecule has 1 heterocycles. The van der Waals surface area contributed by atoms with Crippen LogP contribution >= 0.6 is 0 Å². The first-order valence-corrected chi connectivity index (χ1v) is 6.68. The van der Waals surface area contributed by atoms with Crippen molar-refractivity contribution in [2.45, 2.75) is 26.0 Å². The number of oxime groups is 1. The minimum atomic E-state index is -0.518. The number of amidine groups is 1. The molecule has 2 unspecified atom stereocenters. The van der Waals surface area contributed by atoms with Gasteiger partial charge < -0.3 is 21.0 Å². The Hall–Kier alpha value is -2.15. The zero-order valence-electron chi connectivity index (χ0n) is 11.7. The van der Waals surface area contributed by atoms with Crippen LogP contribution in [0.5, 0.6) is 0 Å². The van der Waals surface area contributed by atoms with E-state index in [1.165, 1.54) is 12.1 Å². The summed E-state index contributed by atoms with van der Waals surface area (Å²) in [5, 5.41) is 14.1. The van der Waals surface area contributed by atoms with Gasteiger partial charge in [0.05, 0.1) is 12.0 Å². The molecule has 1 aromatic rings. The lowest BCUT2D eigenvalue weighted by Crippen LogP contribution is -2.34. The maximum Gasteiger partial charge on any atom is 0.226 e. The van der Waals surface area contributed by atoms with Gasteiger partial charge in [-0.2, -0.15) is 0 Å². The van der Waals surface area contributed by atoms with Crippen LogP contribution in [0.2, 0.25) is 0 Å². The molecule has 114 valence electrons. The monoisotopic (exact) mass is 295 g/mol. The zero-order chi connectivity index (χ0) is 15.4. The Labute approximate surface area is 121 Å². The highest BCUT2D eigenvalue weighted by Crippen LogP contribution is 2.20. The topological polar surface area (TPSA) is 96.9 Å². The second-order valence-electron chi connectivity index (χ2n) is 4.98. The van der Waals surface area contributed by atoms with E-state index in [9.17, 15) is 9.18 Å². The number of nitrogens with zero attached hydrogens (tertiary/aromatic N) is 1. The molecule has 0 aliphatic carbocycles. The summed E-state index contributed by atoms with van der Waals surface area (Å²) in [5.41, 5.74) is 6.00. The van der Waals surface area contributed by atoms with Gasteiger partial charge in [0.25, 0.3) is 0 Å². The van der Waals surface area contributed by atoms with Crippen molar-refractivity contribution >= 4 is 11.7 Å². The van der Waals surface area contributed by atoms with Gasteiger partial charge >= 0.3 is 0 Å². The molecule has 0 radical (unpaired) electrons. The normalized spacial score (nSPS) is 22.3. The van der Waals surface area contributed by atoms with E-state index < -0.39 is 5.82 Å². The number of ether oxygens (including phenoxy) is 1. The minimum Gasteiger partial charge on any atom is -0.409 e. The summed E-state index contributed by atoms with van der Waals surface area (Å²) < 4.78 is 19.2. The maximum absolute atomic E-state index is 13.9. The van der Waals surface area contributed by atoms with Crippen molar-refractivity contribution in [3.05, 3.63) is 35.1 Å². The van der Waals surface area contributed by atoms with E-state index in [4.69, 9.17) is 15.7 Å². The SMILES string of the molecule is CC1OCCC1C(=O)NCc1ccc(C(N)=NO)cc1F. The molecule has 7 heteroatoms. The number of carbonyl (C=O) groups excluding carboxylic acids is 1. The van der Waals surface area contributed by atoms with Crippen LogP contribution in [0.1, 0.15) is 24.5 Å². The number of nitrogens with one attached hydrogen (secondary N) is 1. The Morgan fingerprint density at radius 1 is 1.62 bits per heavy atom. The minimum absolute atomic E-state index is 0.0876. The number of amides is 1. The molecule has 2 atom stereocenters. The van der Waals surface area contributed by atoms with Crippen molar-refractivity contribution in [2.75, 3.05) is 6.61 Å². The van der Waals surface area contributed by atoms with Crippen LogP contribution < -0.4 is 11.1 Å². The lowest BCUT2D eigenvalue weighted by Gasteiger charge is -2.14. The average molecular weight is 295 g/mol. The first-order chi connectivity index (χ1) is 10.0. The molecule has 1 aliphatic heterocycles. The molecule has 0 spiro atoms.